The van der Waals surface area contributed by atoms with Crippen LogP contribution in [0.25, 0.3) is 0 Å². The van der Waals surface area contributed by atoms with Crippen LogP contribution in [-0.2, 0) is 9.84 Å². The third-order valence-electron chi connectivity index (χ3n) is 8.28. The number of hydrogen-bond acceptors (Lipinski definition) is 5. The van der Waals surface area contributed by atoms with Crippen LogP contribution in [0.5, 0.6) is 0 Å². The zero-order chi connectivity index (χ0) is 31.9. The van der Waals surface area contributed by atoms with Gasteiger partial charge >= 0.3 is 0 Å². The van der Waals surface area contributed by atoms with Crippen molar-refractivity contribution in [3.63, 3.8) is 0 Å². The third kappa shape index (κ3) is 5.24. The van der Waals surface area contributed by atoms with E-state index in [-0.39, 0.29) is 17.2 Å². The number of fused-ring (bicyclic) bond motifs is 1. The summed E-state index contributed by atoms with van der Waals surface area (Å²) in [6.07, 6.45) is 0. The fourth-order valence-corrected chi connectivity index (χ4v) is 11.6. The number of hydrogen-bond donors (Lipinski definition) is 1. The summed E-state index contributed by atoms with van der Waals surface area (Å²) in [7, 11) is -6.31. The lowest BCUT2D eigenvalue weighted by Gasteiger charge is -2.27. The Bertz CT molecular complexity index is 2090. The van der Waals surface area contributed by atoms with Gasteiger partial charge in [-0.05, 0) is 103 Å². The van der Waals surface area contributed by atoms with Gasteiger partial charge in [-0.15, -0.1) is 0 Å². The highest BCUT2D eigenvalue weighted by molar-refractivity contribution is 8.01. The molecule has 0 spiro atoms. The van der Waals surface area contributed by atoms with Crippen LogP contribution < -0.4 is 31.9 Å². The predicted molar refractivity (Wildman–Crippen MR) is 192 cm³/mol. The van der Waals surface area contributed by atoms with E-state index in [4.69, 9.17) is 5.73 Å². The molecule has 1 heterocycles. The summed E-state index contributed by atoms with van der Waals surface area (Å²) in [4.78, 5) is 29.0. The largest absolute Gasteiger partial charge is 0.399 e. The molecule has 2 amide bonds. The molecule has 232 valence electrons. The molecule has 0 saturated heterocycles. The van der Waals surface area contributed by atoms with Crippen molar-refractivity contribution in [2.75, 3.05) is 10.6 Å². The second kappa shape index (κ2) is 12.4. The first-order valence-corrected chi connectivity index (χ1v) is 17.9. The molecule has 6 aromatic carbocycles. The molecule has 0 saturated carbocycles. The number of nitrogens with two attached hydrogens (primary N) is 1. The quantitative estimate of drug-likeness (QED) is 0.126. The average molecular weight is 656 g/mol. The normalized spacial score (nSPS) is 12.8. The first-order chi connectivity index (χ1) is 22.3. The van der Waals surface area contributed by atoms with Crippen molar-refractivity contribution in [1.29, 1.82) is 0 Å². The number of nitrogens with zero attached hydrogens (tertiary/aromatic N) is 1. The number of amides is 2. The number of nitrogen functional groups attached to an aromatic ring is 1. The van der Waals surface area contributed by atoms with Gasteiger partial charge in [-0.3, -0.25) is 9.59 Å². The summed E-state index contributed by atoms with van der Waals surface area (Å²) < 4.78 is 26.4. The molecule has 0 aliphatic carbocycles. The van der Waals surface area contributed by atoms with E-state index in [1.54, 1.807) is 6.07 Å². The van der Waals surface area contributed by atoms with Crippen LogP contribution in [0.3, 0.4) is 0 Å². The molecule has 0 radical (unpaired) electrons. The first kappa shape index (κ1) is 31.6. The molecule has 47 heavy (non-hydrogen) atoms. The van der Waals surface area contributed by atoms with Gasteiger partial charge in [0.1, 0.15) is 28.5 Å². The lowest BCUT2D eigenvalue weighted by Crippen LogP contribution is -2.38. The summed E-state index contributed by atoms with van der Waals surface area (Å²) in [6.45, 7) is 0. The number of anilines is 2. The minimum Gasteiger partial charge on any atom is -0.399 e. The lowest BCUT2D eigenvalue weighted by atomic mass is 10.1. The SMILES string of the molecule is C.Nc1ccc(S(=O)(=O)c2ccc(N3C(=O)c4ccc([P+](c5ccccc5)(c5ccccc5)c5ccccc5)cc4C3=O)cc2)cc1. The monoisotopic (exact) mass is 655 g/mol. The maximum atomic E-state index is 14.0. The van der Waals surface area contributed by atoms with Crippen molar-refractivity contribution in [3.8, 4) is 0 Å². The van der Waals surface area contributed by atoms with Gasteiger partial charge in [0.15, 0.2) is 0 Å². The fourth-order valence-electron chi connectivity index (χ4n) is 6.08. The Morgan fingerprint density at radius 1 is 0.489 bits per heavy atom. The van der Waals surface area contributed by atoms with Gasteiger partial charge in [0.05, 0.1) is 26.6 Å². The number of imide groups is 1. The predicted octanol–water partition coefficient (Wildman–Crippen LogP) is 6.16. The molecule has 1 aliphatic heterocycles. The van der Waals surface area contributed by atoms with Crippen molar-refractivity contribution < 1.29 is 18.0 Å². The molecule has 7 rings (SSSR count). The second-order valence-corrected chi connectivity index (χ2v) is 16.3. The van der Waals surface area contributed by atoms with Crippen molar-refractivity contribution in [3.05, 3.63) is 169 Å². The van der Waals surface area contributed by atoms with E-state index < -0.39 is 28.9 Å². The Balaban J connectivity index is 0.00000386. The molecule has 1 aliphatic rings. The molecular formula is C39H32N2O4PS+. The van der Waals surface area contributed by atoms with Crippen LogP contribution in [0.15, 0.2) is 168 Å². The van der Waals surface area contributed by atoms with E-state index >= 15 is 0 Å². The van der Waals surface area contributed by atoms with Gasteiger partial charge in [-0.25, -0.2) is 13.3 Å². The molecule has 6 aromatic rings. The highest BCUT2D eigenvalue weighted by Gasteiger charge is 2.49. The summed E-state index contributed by atoms with van der Waals surface area (Å²) in [5.41, 5.74) is 7.09. The molecule has 8 heteroatoms. The van der Waals surface area contributed by atoms with Gasteiger partial charge in [-0.2, -0.15) is 0 Å². The van der Waals surface area contributed by atoms with Crippen LogP contribution >= 0.6 is 7.26 Å². The Morgan fingerprint density at radius 3 is 1.38 bits per heavy atom. The molecule has 0 aromatic heterocycles. The lowest BCUT2D eigenvalue weighted by molar-refractivity contribution is 0.0926. The van der Waals surface area contributed by atoms with Crippen LogP contribution in [0.2, 0.25) is 0 Å². The number of carbonyl (C=O) groups excluding carboxylic acids is 2. The molecule has 0 unspecified atom stereocenters. The topological polar surface area (TPSA) is 97.5 Å². The minimum absolute atomic E-state index is 0. The second-order valence-electron chi connectivity index (χ2n) is 10.9. The smallest absolute Gasteiger partial charge is 0.266 e. The van der Waals surface area contributed by atoms with Gasteiger partial charge < -0.3 is 5.73 Å². The van der Waals surface area contributed by atoms with E-state index in [1.807, 2.05) is 66.7 Å². The Morgan fingerprint density at radius 2 is 0.915 bits per heavy atom. The van der Waals surface area contributed by atoms with E-state index in [9.17, 15) is 18.0 Å². The summed E-state index contributed by atoms with van der Waals surface area (Å²) >= 11 is 0. The molecular weight excluding hydrogens is 623 g/mol. The Kier molecular flexibility index (Phi) is 8.37. The van der Waals surface area contributed by atoms with Crippen molar-refractivity contribution in [1.82, 2.24) is 0 Å². The van der Waals surface area contributed by atoms with Gasteiger partial charge in [0.25, 0.3) is 11.8 Å². The van der Waals surface area contributed by atoms with E-state index in [0.717, 1.165) is 26.1 Å². The minimum atomic E-state index is -3.82. The molecule has 0 fully saturated rings. The molecule has 2 N–H and O–H groups in total. The highest BCUT2D eigenvalue weighted by Crippen LogP contribution is 2.54. The standard InChI is InChI=1S/C38H28N2O4PS.CH4/c39-27-16-21-33(22-17-27)46(43,44)34-23-18-28(19-24-34)40-37(41)35-25-20-32(26-36(35)38(40)42)45(29-10-4-1-5-11-29,30-12-6-2-7-13-30)31-14-8-3-9-15-31;/h1-26H,39H2;1H4/q+1;. The summed E-state index contributed by atoms with van der Waals surface area (Å²) in [6, 6.07) is 48.2. The van der Waals surface area contributed by atoms with Crippen LogP contribution in [0.4, 0.5) is 11.4 Å². The summed E-state index contributed by atoms with van der Waals surface area (Å²) in [5.74, 6) is -0.910. The van der Waals surface area contributed by atoms with Crippen LogP contribution in [-0.4, -0.2) is 20.2 Å². The van der Waals surface area contributed by atoms with Gasteiger partial charge in [0.2, 0.25) is 9.84 Å². The van der Waals surface area contributed by atoms with Crippen molar-refractivity contribution in [2.24, 2.45) is 0 Å². The van der Waals surface area contributed by atoms with E-state index in [1.165, 1.54) is 48.5 Å². The van der Waals surface area contributed by atoms with Crippen molar-refractivity contribution in [2.45, 2.75) is 17.2 Å². The van der Waals surface area contributed by atoms with Crippen molar-refractivity contribution >= 4 is 61.5 Å². The average Bonchev–Trinajstić information content (AvgIpc) is 3.35. The van der Waals surface area contributed by atoms with E-state index in [2.05, 4.69) is 36.4 Å². The van der Waals surface area contributed by atoms with Gasteiger partial charge in [-0.1, -0.05) is 62.0 Å². The molecule has 0 bridgehead atoms. The Hall–Kier alpha value is -5.36. The molecule has 0 atom stereocenters. The van der Waals surface area contributed by atoms with Crippen LogP contribution in [0.1, 0.15) is 28.1 Å². The zero-order valence-corrected chi connectivity index (χ0v) is 26.2. The third-order valence-corrected chi connectivity index (χ3v) is 14.3. The maximum Gasteiger partial charge on any atom is 0.266 e. The number of carbonyl (C=O) groups is 2. The summed E-state index contributed by atoms with van der Waals surface area (Å²) in [5, 5.41) is 4.32. The first-order valence-electron chi connectivity index (χ1n) is 14.6. The number of sulfone groups is 1. The maximum absolute atomic E-state index is 14.0. The van der Waals surface area contributed by atoms with E-state index in [0.29, 0.717) is 22.5 Å². The Labute approximate surface area is 275 Å². The number of benzene rings is 6. The highest BCUT2D eigenvalue weighted by atomic mass is 32.2. The fraction of sp³-hybridized carbons (Fsp3) is 0.0256. The number of rotatable bonds is 7. The molecule has 6 nitrogen and oxygen atoms in total. The zero-order valence-electron chi connectivity index (χ0n) is 24.5. The van der Waals surface area contributed by atoms with Crippen LogP contribution in [0, 0.1) is 0 Å². The van der Waals surface area contributed by atoms with Gasteiger partial charge in [0, 0.05) is 5.69 Å².